The second-order valence-electron chi connectivity index (χ2n) is 9.65. The van der Waals surface area contributed by atoms with Crippen LogP contribution in [0.1, 0.15) is 44.6 Å². The van der Waals surface area contributed by atoms with Crippen molar-refractivity contribution in [3.63, 3.8) is 0 Å². The Hall–Kier alpha value is -3.93. The van der Waals surface area contributed by atoms with Gasteiger partial charge >= 0.3 is 5.97 Å². The van der Waals surface area contributed by atoms with Crippen LogP contribution in [0.25, 0.3) is 17.2 Å². The molecule has 1 N–H and O–H groups in total. The highest BCUT2D eigenvalue weighted by molar-refractivity contribution is 5.95. The Morgan fingerprint density at radius 3 is 2.16 bits per heavy atom. The molecule has 5 nitrogen and oxygen atoms in total. The number of hydrogen-bond donors (Lipinski definition) is 1. The van der Waals surface area contributed by atoms with Gasteiger partial charge in [-0.25, -0.2) is 9.18 Å². The van der Waals surface area contributed by atoms with Crippen LogP contribution < -0.4 is 9.80 Å². The van der Waals surface area contributed by atoms with E-state index in [2.05, 4.69) is 0 Å². The van der Waals surface area contributed by atoms with Gasteiger partial charge in [-0.3, -0.25) is 4.79 Å². The second kappa shape index (κ2) is 11.9. The zero-order valence-corrected chi connectivity index (χ0v) is 21.2. The zero-order valence-electron chi connectivity index (χ0n) is 22.2. The van der Waals surface area contributed by atoms with Gasteiger partial charge in [0.1, 0.15) is 5.82 Å². The first-order valence-electron chi connectivity index (χ1n) is 13.2. The van der Waals surface area contributed by atoms with Crippen LogP contribution >= 0.6 is 0 Å². The number of amides is 1. The Balaban J connectivity index is 1.67. The molecule has 0 heterocycles. The first-order valence-corrected chi connectivity index (χ1v) is 12.6. The Kier molecular flexibility index (Phi) is 7.94. The molecule has 0 spiro atoms. The van der Waals surface area contributed by atoms with Crippen LogP contribution in [0.4, 0.5) is 15.8 Å². The van der Waals surface area contributed by atoms with Gasteiger partial charge in [-0.05, 0) is 71.5 Å². The van der Waals surface area contributed by atoms with Crippen molar-refractivity contribution < 1.29 is 20.5 Å². The first-order chi connectivity index (χ1) is 18.2. The van der Waals surface area contributed by atoms with Crippen molar-refractivity contribution in [2.75, 3.05) is 23.9 Å². The lowest BCUT2D eigenvalue weighted by Crippen LogP contribution is -2.36. The summed E-state index contributed by atoms with van der Waals surface area (Å²) in [6, 6.07) is 19.7. The molecule has 0 bridgehead atoms. The summed E-state index contributed by atoms with van der Waals surface area (Å²) in [4.78, 5) is 28.1. The fourth-order valence-corrected chi connectivity index (χ4v) is 4.67. The maximum atomic E-state index is 14.6. The number of halogens is 1. The van der Waals surface area contributed by atoms with E-state index in [1.807, 2.05) is 67.5 Å². The predicted octanol–water partition coefficient (Wildman–Crippen LogP) is 6.77. The van der Waals surface area contributed by atoms with E-state index < -0.39 is 18.3 Å². The second-order valence-corrected chi connectivity index (χ2v) is 9.65. The van der Waals surface area contributed by atoms with Gasteiger partial charge in [0.05, 0.1) is 7.89 Å². The van der Waals surface area contributed by atoms with E-state index in [0.29, 0.717) is 11.1 Å². The fraction of sp³-hybridized carbons (Fsp3) is 0.290. The molecular weight excluding hydrogens is 467 g/mol. The van der Waals surface area contributed by atoms with Gasteiger partial charge in [0.15, 0.2) is 0 Å². The van der Waals surface area contributed by atoms with Gasteiger partial charge in [0.25, 0.3) is 0 Å². The van der Waals surface area contributed by atoms with Crippen LogP contribution in [0.15, 0.2) is 72.8 Å². The van der Waals surface area contributed by atoms with Gasteiger partial charge in [-0.1, -0.05) is 55.7 Å². The third-order valence-electron chi connectivity index (χ3n) is 6.70. The van der Waals surface area contributed by atoms with E-state index in [-0.39, 0.29) is 17.5 Å². The van der Waals surface area contributed by atoms with Crippen LogP contribution in [0.3, 0.4) is 0 Å². The standard InChI is InChI=1S/C31H33FN2O3/c1-33(2)28-15-13-25(14-16-28)24-11-8-22(9-12-24)21-34(31(37)26-6-4-3-5-7-26)29-19-23(10-17-30(35)36)18-27(32)20-29/h8-20,26H,3-7,21H2,1-2H3,(H,35,36)/b17-10+/i21D/t21-/m1/s1. The van der Waals surface area contributed by atoms with Gasteiger partial charge in [0, 0.05) is 37.5 Å². The third-order valence-corrected chi connectivity index (χ3v) is 6.70. The molecule has 6 heteroatoms. The summed E-state index contributed by atoms with van der Waals surface area (Å²) in [5.41, 5.74) is 4.29. The molecule has 0 saturated heterocycles. The Morgan fingerprint density at radius 2 is 1.57 bits per heavy atom. The first kappa shape index (κ1) is 24.8. The summed E-state index contributed by atoms with van der Waals surface area (Å²) in [6.07, 6.45) is 6.67. The Labute approximate surface area is 219 Å². The number of rotatable bonds is 8. The minimum absolute atomic E-state index is 0.202. The molecule has 1 atom stereocenters. The molecule has 3 aromatic carbocycles. The number of carbonyl (C=O) groups excluding carboxylic acids is 1. The molecule has 1 fully saturated rings. The summed E-state index contributed by atoms with van der Waals surface area (Å²) in [5, 5.41) is 8.98. The van der Waals surface area contributed by atoms with Crippen molar-refractivity contribution in [1.29, 1.82) is 0 Å². The smallest absolute Gasteiger partial charge is 0.328 e. The van der Waals surface area contributed by atoms with Crippen LogP contribution in [0.2, 0.25) is 0 Å². The summed E-state index contributed by atoms with van der Waals surface area (Å²) >= 11 is 0. The molecule has 1 saturated carbocycles. The zero-order chi connectivity index (χ0) is 27.2. The van der Waals surface area contributed by atoms with Gasteiger partial charge in [-0.15, -0.1) is 0 Å². The molecule has 37 heavy (non-hydrogen) atoms. The van der Waals surface area contributed by atoms with Crippen molar-refractivity contribution in [3.8, 4) is 11.1 Å². The highest BCUT2D eigenvalue weighted by Gasteiger charge is 2.27. The largest absolute Gasteiger partial charge is 0.478 e. The lowest BCUT2D eigenvalue weighted by molar-refractivity contribution is -0.131. The maximum Gasteiger partial charge on any atom is 0.328 e. The number of hydrogen-bond acceptors (Lipinski definition) is 3. The summed E-state index contributed by atoms with van der Waals surface area (Å²) in [5.74, 6) is -2.18. The van der Waals surface area contributed by atoms with E-state index >= 15 is 0 Å². The fourth-order valence-electron chi connectivity index (χ4n) is 4.67. The third kappa shape index (κ3) is 6.85. The lowest BCUT2D eigenvalue weighted by Gasteiger charge is -2.30. The summed E-state index contributed by atoms with van der Waals surface area (Å²) in [7, 11) is 3.98. The SMILES string of the molecule is [2H][C@H](c1ccc(-c2ccc(N(C)C)cc2)cc1)N(C(=O)C1CCCCC1)c1cc(F)cc(/C=C/C(=O)O)c1. The highest BCUT2D eigenvalue weighted by atomic mass is 19.1. The normalized spacial score (nSPS) is 15.3. The van der Waals surface area contributed by atoms with E-state index in [9.17, 15) is 14.0 Å². The molecule has 0 aromatic heterocycles. The molecule has 0 radical (unpaired) electrons. The molecule has 4 rings (SSSR count). The van der Waals surface area contributed by atoms with Crippen molar-refractivity contribution in [2.45, 2.75) is 38.6 Å². The summed E-state index contributed by atoms with van der Waals surface area (Å²) in [6.45, 7) is -1.09. The quantitative estimate of drug-likeness (QED) is 0.346. The average molecular weight is 502 g/mol. The van der Waals surface area contributed by atoms with Crippen LogP contribution in [0, 0.1) is 11.7 Å². The number of carbonyl (C=O) groups is 2. The molecule has 1 aliphatic rings. The minimum atomic E-state index is -1.15. The number of anilines is 2. The van der Waals surface area contributed by atoms with Crippen molar-refractivity contribution >= 4 is 29.3 Å². The Bertz CT molecular complexity index is 1300. The van der Waals surface area contributed by atoms with E-state index in [0.717, 1.165) is 55.0 Å². The van der Waals surface area contributed by atoms with E-state index in [1.54, 1.807) is 6.07 Å². The van der Waals surface area contributed by atoms with Crippen molar-refractivity contribution in [3.05, 3.63) is 89.8 Å². The van der Waals surface area contributed by atoms with Gasteiger partial charge in [0.2, 0.25) is 5.91 Å². The van der Waals surface area contributed by atoms with Gasteiger partial charge < -0.3 is 14.9 Å². The van der Waals surface area contributed by atoms with Crippen LogP contribution in [-0.4, -0.2) is 31.1 Å². The molecular formula is C31H33FN2O3. The van der Waals surface area contributed by atoms with Crippen LogP contribution in [0.5, 0.6) is 0 Å². The molecule has 3 aromatic rings. The number of aliphatic carboxylic acids is 1. The highest BCUT2D eigenvalue weighted by Crippen LogP contribution is 2.30. The molecule has 1 aliphatic carbocycles. The maximum absolute atomic E-state index is 14.6. The van der Waals surface area contributed by atoms with Gasteiger partial charge in [-0.2, -0.15) is 0 Å². The van der Waals surface area contributed by atoms with E-state index in [1.165, 1.54) is 23.1 Å². The molecule has 1 amide bonds. The number of carboxylic acids is 1. The minimum Gasteiger partial charge on any atom is -0.478 e. The average Bonchev–Trinajstić information content (AvgIpc) is 2.92. The molecule has 0 unspecified atom stereocenters. The molecule has 0 aliphatic heterocycles. The molecule has 192 valence electrons. The van der Waals surface area contributed by atoms with Crippen molar-refractivity contribution in [1.82, 2.24) is 0 Å². The predicted molar refractivity (Wildman–Crippen MR) is 147 cm³/mol. The topological polar surface area (TPSA) is 60.9 Å². The van der Waals surface area contributed by atoms with E-state index in [4.69, 9.17) is 6.48 Å². The number of benzene rings is 3. The number of nitrogens with zero attached hydrogens (tertiary/aromatic N) is 2. The monoisotopic (exact) mass is 501 g/mol. The number of carboxylic acid groups (broad SMARTS) is 1. The summed E-state index contributed by atoms with van der Waals surface area (Å²) < 4.78 is 23.7. The lowest BCUT2D eigenvalue weighted by atomic mass is 9.88. The van der Waals surface area contributed by atoms with Crippen LogP contribution in [-0.2, 0) is 16.1 Å². The van der Waals surface area contributed by atoms with Crippen molar-refractivity contribution in [2.24, 2.45) is 5.92 Å². The Morgan fingerprint density at radius 1 is 0.946 bits per heavy atom.